The molecule has 18 heavy (non-hydrogen) atoms. The molecule has 0 atom stereocenters. The zero-order valence-corrected chi connectivity index (χ0v) is 11.1. The van der Waals surface area contributed by atoms with Crippen LogP contribution in [-0.4, -0.2) is 40.6 Å². The number of hydrogen-bond donors (Lipinski definition) is 1. The summed E-state index contributed by atoms with van der Waals surface area (Å²) in [6.45, 7) is 7.57. The van der Waals surface area contributed by atoms with Crippen LogP contribution in [0.3, 0.4) is 0 Å². The first-order chi connectivity index (χ1) is 8.74. The number of aryl methyl sites for hydroxylation is 2. The Balaban J connectivity index is 1.84. The van der Waals surface area contributed by atoms with Gasteiger partial charge in [-0.05, 0) is 24.6 Å². The number of rotatable bonds is 2. The average molecular weight is 244 g/mol. The summed E-state index contributed by atoms with van der Waals surface area (Å²) in [5, 5.41) is 3.38. The van der Waals surface area contributed by atoms with Crippen molar-refractivity contribution in [2.75, 3.05) is 26.2 Å². The monoisotopic (exact) mass is 244 g/mol. The molecule has 4 nitrogen and oxygen atoms in total. The van der Waals surface area contributed by atoms with E-state index in [9.17, 15) is 0 Å². The molecule has 4 heteroatoms. The Morgan fingerprint density at radius 3 is 2.83 bits per heavy atom. The van der Waals surface area contributed by atoms with Gasteiger partial charge in [0.2, 0.25) is 0 Å². The molecule has 2 heterocycles. The Bertz CT molecular complexity index is 552. The van der Waals surface area contributed by atoms with E-state index in [2.05, 4.69) is 51.9 Å². The van der Waals surface area contributed by atoms with Gasteiger partial charge in [-0.1, -0.05) is 6.07 Å². The second-order valence-electron chi connectivity index (χ2n) is 5.07. The molecular weight excluding hydrogens is 224 g/mol. The predicted molar refractivity (Wildman–Crippen MR) is 73.6 cm³/mol. The lowest BCUT2D eigenvalue weighted by molar-refractivity contribution is 0.233. The predicted octanol–water partition coefficient (Wildman–Crippen LogP) is 1.29. The molecule has 2 aromatic rings. The molecular formula is C14H20N4. The maximum Gasteiger partial charge on any atom is 0.106 e. The van der Waals surface area contributed by atoms with Gasteiger partial charge < -0.3 is 9.88 Å². The van der Waals surface area contributed by atoms with Gasteiger partial charge in [0.25, 0.3) is 0 Å². The van der Waals surface area contributed by atoms with Crippen molar-refractivity contribution in [3.05, 3.63) is 29.6 Å². The highest BCUT2D eigenvalue weighted by Crippen LogP contribution is 2.17. The van der Waals surface area contributed by atoms with Crippen LogP contribution in [0.4, 0.5) is 0 Å². The summed E-state index contributed by atoms with van der Waals surface area (Å²) in [4.78, 5) is 7.09. The van der Waals surface area contributed by atoms with Crippen molar-refractivity contribution in [3.63, 3.8) is 0 Å². The molecule has 1 fully saturated rings. The smallest absolute Gasteiger partial charge is 0.106 e. The maximum absolute atomic E-state index is 4.60. The summed E-state index contributed by atoms with van der Waals surface area (Å²) in [7, 11) is 2.07. The quantitative estimate of drug-likeness (QED) is 0.864. The first-order valence-corrected chi connectivity index (χ1v) is 6.59. The van der Waals surface area contributed by atoms with Gasteiger partial charge >= 0.3 is 0 Å². The topological polar surface area (TPSA) is 33.1 Å². The van der Waals surface area contributed by atoms with Crippen LogP contribution in [0.5, 0.6) is 0 Å². The fraction of sp³-hybridized carbons (Fsp3) is 0.500. The number of aromatic nitrogens is 2. The SMILES string of the molecule is Cc1nc2cc(CN3CCNCC3)ccc2n1C. The Labute approximate surface area is 108 Å². The molecule has 0 saturated carbocycles. The molecule has 1 N–H and O–H groups in total. The van der Waals surface area contributed by atoms with Crippen LogP contribution < -0.4 is 5.32 Å². The lowest BCUT2D eigenvalue weighted by atomic mass is 10.2. The minimum absolute atomic E-state index is 1.03. The number of fused-ring (bicyclic) bond motifs is 1. The third-order valence-corrected chi connectivity index (χ3v) is 3.78. The maximum atomic E-state index is 4.60. The van der Waals surface area contributed by atoms with Gasteiger partial charge in [0.1, 0.15) is 5.82 Å². The molecule has 1 saturated heterocycles. The van der Waals surface area contributed by atoms with E-state index in [4.69, 9.17) is 0 Å². The van der Waals surface area contributed by atoms with E-state index in [1.54, 1.807) is 0 Å². The molecule has 0 bridgehead atoms. The lowest BCUT2D eigenvalue weighted by Crippen LogP contribution is -2.42. The van der Waals surface area contributed by atoms with Crippen LogP contribution in [0.15, 0.2) is 18.2 Å². The van der Waals surface area contributed by atoms with Crippen molar-refractivity contribution in [2.45, 2.75) is 13.5 Å². The minimum Gasteiger partial charge on any atom is -0.331 e. The van der Waals surface area contributed by atoms with E-state index >= 15 is 0 Å². The molecule has 1 aliphatic rings. The lowest BCUT2D eigenvalue weighted by Gasteiger charge is -2.27. The minimum atomic E-state index is 1.03. The van der Waals surface area contributed by atoms with Crippen molar-refractivity contribution in [1.29, 1.82) is 0 Å². The molecule has 0 aliphatic carbocycles. The van der Waals surface area contributed by atoms with Gasteiger partial charge in [0, 0.05) is 39.8 Å². The average Bonchev–Trinajstić information content (AvgIpc) is 2.66. The normalized spacial score (nSPS) is 17.4. The van der Waals surface area contributed by atoms with E-state index in [0.29, 0.717) is 0 Å². The summed E-state index contributed by atoms with van der Waals surface area (Å²) in [6.07, 6.45) is 0. The number of nitrogens with one attached hydrogen (secondary N) is 1. The Hall–Kier alpha value is -1.39. The van der Waals surface area contributed by atoms with E-state index in [1.807, 2.05) is 0 Å². The molecule has 1 aliphatic heterocycles. The Morgan fingerprint density at radius 1 is 1.28 bits per heavy atom. The molecule has 0 radical (unpaired) electrons. The molecule has 3 rings (SSSR count). The number of imidazole rings is 1. The summed E-state index contributed by atoms with van der Waals surface area (Å²) >= 11 is 0. The van der Waals surface area contributed by atoms with Crippen LogP contribution in [0.1, 0.15) is 11.4 Å². The first-order valence-electron chi connectivity index (χ1n) is 6.59. The van der Waals surface area contributed by atoms with Crippen LogP contribution in [-0.2, 0) is 13.6 Å². The van der Waals surface area contributed by atoms with Crippen molar-refractivity contribution in [2.24, 2.45) is 7.05 Å². The van der Waals surface area contributed by atoms with Gasteiger partial charge in [0.15, 0.2) is 0 Å². The van der Waals surface area contributed by atoms with Gasteiger partial charge in [-0.15, -0.1) is 0 Å². The van der Waals surface area contributed by atoms with Crippen molar-refractivity contribution < 1.29 is 0 Å². The van der Waals surface area contributed by atoms with Crippen molar-refractivity contribution in [3.8, 4) is 0 Å². The number of piperazine rings is 1. The number of hydrogen-bond acceptors (Lipinski definition) is 3. The molecule has 96 valence electrons. The number of benzene rings is 1. The fourth-order valence-corrected chi connectivity index (χ4v) is 2.59. The van der Waals surface area contributed by atoms with E-state index < -0.39 is 0 Å². The van der Waals surface area contributed by atoms with Gasteiger partial charge in [0.05, 0.1) is 11.0 Å². The second kappa shape index (κ2) is 4.71. The largest absolute Gasteiger partial charge is 0.331 e. The summed E-state index contributed by atoms with van der Waals surface area (Å²) in [5.74, 6) is 1.07. The van der Waals surface area contributed by atoms with Crippen LogP contribution in [0, 0.1) is 6.92 Å². The standard InChI is InChI=1S/C14H20N4/c1-11-16-13-9-12(3-4-14(13)17(11)2)10-18-7-5-15-6-8-18/h3-4,9,15H,5-8,10H2,1-2H3. The van der Waals surface area contributed by atoms with Gasteiger partial charge in [-0.2, -0.15) is 0 Å². The van der Waals surface area contributed by atoms with Crippen LogP contribution >= 0.6 is 0 Å². The number of nitrogens with zero attached hydrogens (tertiary/aromatic N) is 3. The third-order valence-electron chi connectivity index (χ3n) is 3.78. The van der Waals surface area contributed by atoms with Crippen LogP contribution in [0.2, 0.25) is 0 Å². The molecule has 1 aromatic carbocycles. The molecule has 1 aromatic heterocycles. The van der Waals surface area contributed by atoms with Crippen LogP contribution in [0.25, 0.3) is 11.0 Å². The summed E-state index contributed by atoms with van der Waals surface area (Å²) < 4.78 is 2.14. The highest BCUT2D eigenvalue weighted by molar-refractivity contribution is 5.76. The third kappa shape index (κ3) is 2.13. The van der Waals surface area contributed by atoms with Crippen molar-refractivity contribution >= 4 is 11.0 Å². The van der Waals surface area contributed by atoms with E-state index in [0.717, 1.165) is 44.1 Å². The van der Waals surface area contributed by atoms with E-state index in [1.165, 1.54) is 11.1 Å². The molecule has 0 spiro atoms. The van der Waals surface area contributed by atoms with Crippen molar-refractivity contribution in [1.82, 2.24) is 19.8 Å². The fourth-order valence-electron chi connectivity index (χ4n) is 2.59. The molecule has 0 amide bonds. The molecule has 0 unspecified atom stereocenters. The zero-order valence-electron chi connectivity index (χ0n) is 11.1. The second-order valence-corrected chi connectivity index (χ2v) is 5.07. The zero-order chi connectivity index (χ0) is 12.5. The Morgan fingerprint density at radius 2 is 2.06 bits per heavy atom. The first kappa shape index (κ1) is 11.7. The van der Waals surface area contributed by atoms with E-state index in [-0.39, 0.29) is 0 Å². The Kier molecular flexibility index (Phi) is 3.06. The van der Waals surface area contributed by atoms with Gasteiger partial charge in [-0.3, -0.25) is 4.90 Å². The highest BCUT2D eigenvalue weighted by Gasteiger charge is 2.11. The summed E-state index contributed by atoms with van der Waals surface area (Å²) in [6, 6.07) is 6.64. The highest BCUT2D eigenvalue weighted by atomic mass is 15.2. The summed E-state index contributed by atoms with van der Waals surface area (Å²) in [5.41, 5.74) is 3.70. The van der Waals surface area contributed by atoms with Gasteiger partial charge in [-0.25, -0.2) is 4.98 Å².